The Morgan fingerprint density at radius 2 is 1.78 bits per heavy atom. The lowest BCUT2D eigenvalue weighted by Crippen LogP contribution is -2.52. The quantitative estimate of drug-likeness (QED) is 0.758. The number of amides is 1. The lowest BCUT2D eigenvalue weighted by atomic mass is 9.97. The van der Waals surface area contributed by atoms with E-state index in [1.807, 2.05) is 0 Å². The number of halogens is 1. The molecule has 2 aliphatic carbocycles. The van der Waals surface area contributed by atoms with E-state index >= 15 is 0 Å². The van der Waals surface area contributed by atoms with E-state index in [1.165, 1.54) is 32.1 Å². The maximum absolute atomic E-state index is 11.9. The second kappa shape index (κ2) is 7.34. The summed E-state index contributed by atoms with van der Waals surface area (Å²) in [5.74, 6) is 1.01. The van der Waals surface area contributed by atoms with Crippen molar-refractivity contribution in [2.24, 2.45) is 11.7 Å². The molecule has 0 radical (unpaired) electrons. The summed E-state index contributed by atoms with van der Waals surface area (Å²) >= 11 is 0. The molecule has 4 heteroatoms. The van der Waals surface area contributed by atoms with Gasteiger partial charge in [-0.1, -0.05) is 38.5 Å². The molecule has 0 heterocycles. The van der Waals surface area contributed by atoms with E-state index in [-0.39, 0.29) is 18.3 Å². The molecule has 0 aromatic carbocycles. The molecule has 2 rings (SSSR count). The van der Waals surface area contributed by atoms with Gasteiger partial charge in [0.25, 0.3) is 0 Å². The van der Waals surface area contributed by atoms with Crippen LogP contribution < -0.4 is 11.1 Å². The van der Waals surface area contributed by atoms with Crippen molar-refractivity contribution in [2.75, 3.05) is 6.54 Å². The first kappa shape index (κ1) is 15.8. The molecular weight excluding hydrogens is 248 g/mol. The summed E-state index contributed by atoms with van der Waals surface area (Å²) in [7, 11) is 0. The summed E-state index contributed by atoms with van der Waals surface area (Å²) in [6.07, 6.45) is 11.9. The zero-order valence-corrected chi connectivity index (χ0v) is 12.1. The summed E-state index contributed by atoms with van der Waals surface area (Å²) in [5.41, 5.74) is 5.55. The van der Waals surface area contributed by atoms with Crippen molar-refractivity contribution in [3.05, 3.63) is 0 Å². The standard InChI is InChI=1S/C14H26N2O.ClH/c15-14(9-3-4-10-14)13(17)16-11-5-8-12-6-1-2-7-12;/h12H,1-11,15H2,(H,16,17);1H. The topological polar surface area (TPSA) is 55.1 Å². The van der Waals surface area contributed by atoms with Crippen LogP contribution in [0.5, 0.6) is 0 Å². The molecule has 0 unspecified atom stereocenters. The van der Waals surface area contributed by atoms with Crippen LogP contribution in [-0.2, 0) is 4.79 Å². The van der Waals surface area contributed by atoms with E-state index in [1.54, 1.807) is 0 Å². The van der Waals surface area contributed by atoms with E-state index < -0.39 is 5.54 Å². The molecule has 0 aliphatic heterocycles. The van der Waals surface area contributed by atoms with Crippen LogP contribution in [0.4, 0.5) is 0 Å². The molecule has 3 nitrogen and oxygen atoms in total. The van der Waals surface area contributed by atoms with Crippen molar-refractivity contribution >= 4 is 18.3 Å². The fourth-order valence-corrected chi connectivity index (χ4v) is 3.30. The van der Waals surface area contributed by atoms with Gasteiger partial charge in [0.1, 0.15) is 0 Å². The number of nitrogens with one attached hydrogen (secondary N) is 1. The second-order valence-corrected chi connectivity index (χ2v) is 5.91. The number of rotatable bonds is 5. The average Bonchev–Trinajstić information content (AvgIpc) is 2.96. The molecule has 2 saturated carbocycles. The van der Waals surface area contributed by atoms with Crippen LogP contribution in [0.15, 0.2) is 0 Å². The first-order chi connectivity index (χ1) is 8.21. The van der Waals surface area contributed by atoms with Gasteiger partial charge >= 0.3 is 0 Å². The van der Waals surface area contributed by atoms with Crippen molar-refractivity contribution in [2.45, 2.75) is 69.7 Å². The first-order valence-electron chi connectivity index (χ1n) is 7.28. The van der Waals surface area contributed by atoms with Crippen molar-refractivity contribution in [1.82, 2.24) is 5.32 Å². The van der Waals surface area contributed by atoms with E-state index in [4.69, 9.17) is 5.73 Å². The van der Waals surface area contributed by atoms with Crippen LogP contribution in [0.3, 0.4) is 0 Å². The fourth-order valence-electron chi connectivity index (χ4n) is 3.30. The third kappa shape index (κ3) is 4.13. The van der Waals surface area contributed by atoms with E-state index in [9.17, 15) is 4.79 Å². The molecule has 2 fully saturated rings. The molecule has 0 aromatic heterocycles. The lowest BCUT2D eigenvalue weighted by molar-refractivity contribution is -0.126. The Kier molecular flexibility index (Phi) is 6.44. The number of hydrogen-bond acceptors (Lipinski definition) is 2. The van der Waals surface area contributed by atoms with Gasteiger partial charge in [-0.15, -0.1) is 12.4 Å². The minimum absolute atomic E-state index is 0. The minimum atomic E-state index is -0.548. The van der Waals surface area contributed by atoms with Crippen LogP contribution >= 0.6 is 12.4 Å². The van der Waals surface area contributed by atoms with Crippen LogP contribution in [0.25, 0.3) is 0 Å². The molecule has 0 saturated heterocycles. The molecule has 0 bridgehead atoms. The minimum Gasteiger partial charge on any atom is -0.355 e. The Morgan fingerprint density at radius 1 is 1.17 bits per heavy atom. The summed E-state index contributed by atoms with van der Waals surface area (Å²) in [6, 6.07) is 0. The van der Waals surface area contributed by atoms with Crippen molar-refractivity contribution in [3.63, 3.8) is 0 Å². The van der Waals surface area contributed by atoms with Gasteiger partial charge in [-0.3, -0.25) is 4.79 Å². The smallest absolute Gasteiger partial charge is 0.240 e. The van der Waals surface area contributed by atoms with Crippen molar-refractivity contribution in [1.29, 1.82) is 0 Å². The monoisotopic (exact) mass is 274 g/mol. The Bertz CT molecular complexity index is 259. The molecule has 0 atom stereocenters. The zero-order valence-electron chi connectivity index (χ0n) is 11.2. The number of carbonyl (C=O) groups excluding carboxylic acids is 1. The lowest BCUT2D eigenvalue weighted by Gasteiger charge is -2.22. The summed E-state index contributed by atoms with van der Waals surface area (Å²) < 4.78 is 0. The van der Waals surface area contributed by atoms with Gasteiger partial charge < -0.3 is 11.1 Å². The molecule has 1 amide bonds. The Balaban J connectivity index is 0.00000162. The largest absolute Gasteiger partial charge is 0.355 e. The third-order valence-corrected chi connectivity index (χ3v) is 4.50. The van der Waals surface area contributed by atoms with Crippen molar-refractivity contribution < 1.29 is 4.79 Å². The highest BCUT2D eigenvalue weighted by Crippen LogP contribution is 2.29. The van der Waals surface area contributed by atoms with Crippen LogP contribution in [0, 0.1) is 5.92 Å². The van der Waals surface area contributed by atoms with E-state index in [2.05, 4.69) is 5.32 Å². The number of hydrogen-bond donors (Lipinski definition) is 2. The molecule has 18 heavy (non-hydrogen) atoms. The normalized spacial score (nSPS) is 22.7. The molecule has 0 spiro atoms. The fraction of sp³-hybridized carbons (Fsp3) is 0.929. The van der Waals surface area contributed by atoms with Gasteiger partial charge in [0, 0.05) is 6.54 Å². The van der Waals surface area contributed by atoms with Crippen LogP contribution in [0.2, 0.25) is 0 Å². The molecule has 106 valence electrons. The van der Waals surface area contributed by atoms with Gasteiger partial charge in [0.05, 0.1) is 5.54 Å². The van der Waals surface area contributed by atoms with Gasteiger partial charge in [-0.05, 0) is 31.6 Å². The highest BCUT2D eigenvalue weighted by molar-refractivity contribution is 5.86. The number of carbonyl (C=O) groups is 1. The molecule has 2 aliphatic rings. The zero-order chi connectivity index (χ0) is 12.1. The third-order valence-electron chi connectivity index (χ3n) is 4.50. The highest BCUT2D eigenvalue weighted by atomic mass is 35.5. The number of nitrogens with two attached hydrogens (primary N) is 1. The maximum atomic E-state index is 11.9. The van der Waals surface area contributed by atoms with Gasteiger partial charge in [0.15, 0.2) is 0 Å². The predicted molar refractivity (Wildman–Crippen MR) is 76.8 cm³/mol. The molecular formula is C14H27ClN2O. The Hall–Kier alpha value is -0.280. The Labute approximate surface area is 117 Å². The summed E-state index contributed by atoms with van der Waals surface area (Å²) in [4.78, 5) is 11.9. The molecule has 0 aromatic rings. The van der Waals surface area contributed by atoms with Gasteiger partial charge in [-0.2, -0.15) is 0 Å². The van der Waals surface area contributed by atoms with Gasteiger partial charge in [0.2, 0.25) is 5.91 Å². The molecule has 3 N–H and O–H groups in total. The average molecular weight is 275 g/mol. The summed E-state index contributed by atoms with van der Waals surface area (Å²) in [6.45, 7) is 0.814. The predicted octanol–water partition coefficient (Wildman–Crippen LogP) is 2.77. The van der Waals surface area contributed by atoms with Crippen molar-refractivity contribution in [3.8, 4) is 0 Å². The van der Waals surface area contributed by atoms with Crippen LogP contribution in [0.1, 0.15) is 64.2 Å². The highest BCUT2D eigenvalue weighted by Gasteiger charge is 2.36. The van der Waals surface area contributed by atoms with E-state index in [0.29, 0.717) is 0 Å². The Morgan fingerprint density at radius 3 is 2.39 bits per heavy atom. The van der Waals surface area contributed by atoms with E-state index in [0.717, 1.165) is 44.6 Å². The summed E-state index contributed by atoms with van der Waals surface area (Å²) in [5, 5.41) is 3.03. The first-order valence-corrected chi connectivity index (χ1v) is 7.28. The maximum Gasteiger partial charge on any atom is 0.240 e. The second-order valence-electron chi connectivity index (χ2n) is 5.91. The van der Waals surface area contributed by atoms with Gasteiger partial charge in [-0.25, -0.2) is 0 Å². The SMILES string of the molecule is Cl.NC1(C(=O)NCCCC2CCCC2)CCCC1. The van der Waals surface area contributed by atoms with Crippen LogP contribution in [-0.4, -0.2) is 18.0 Å².